The number of halogens is 1. The molecule has 2 rings (SSSR count). The first-order valence-electron chi connectivity index (χ1n) is 5.70. The number of para-hydroxylation sites is 1. The third-order valence-electron chi connectivity index (χ3n) is 2.65. The molecule has 1 aromatic carbocycles. The number of pyridine rings is 1. The van der Waals surface area contributed by atoms with Crippen LogP contribution in [-0.2, 0) is 6.42 Å². The maximum atomic E-state index is 6.23. The number of fused-ring (bicyclic) bond motifs is 1. The SMILES string of the molecule is Cc1cc(Cl)c2cccc(CC(C)(C)N)c2n1. The van der Waals surface area contributed by atoms with E-state index in [0.717, 1.165) is 33.6 Å². The highest BCUT2D eigenvalue weighted by atomic mass is 35.5. The van der Waals surface area contributed by atoms with Crippen LogP contribution in [0.15, 0.2) is 24.3 Å². The molecule has 3 heteroatoms. The van der Waals surface area contributed by atoms with Gasteiger partial charge < -0.3 is 5.73 Å². The predicted molar refractivity (Wildman–Crippen MR) is 73.5 cm³/mol. The van der Waals surface area contributed by atoms with E-state index >= 15 is 0 Å². The molecule has 1 aromatic heterocycles. The van der Waals surface area contributed by atoms with E-state index in [0.29, 0.717) is 0 Å². The van der Waals surface area contributed by atoms with Gasteiger partial charge in [0.25, 0.3) is 0 Å². The molecule has 0 atom stereocenters. The largest absolute Gasteiger partial charge is 0.325 e. The van der Waals surface area contributed by atoms with Crippen molar-refractivity contribution in [3.63, 3.8) is 0 Å². The molecule has 0 saturated carbocycles. The lowest BCUT2D eigenvalue weighted by Crippen LogP contribution is -2.34. The molecule has 0 aliphatic rings. The summed E-state index contributed by atoms with van der Waals surface area (Å²) < 4.78 is 0. The summed E-state index contributed by atoms with van der Waals surface area (Å²) >= 11 is 6.23. The Bertz CT molecular complexity index is 556. The van der Waals surface area contributed by atoms with E-state index in [2.05, 4.69) is 11.1 Å². The first-order valence-corrected chi connectivity index (χ1v) is 6.08. The van der Waals surface area contributed by atoms with E-state index in [-0.39, 0.29) is 5.54 Å². The molecular formula is C14H17ClN2. The van der Waals surface area contributed by atoms with Crippen molar-refractivity contribution < 1.29 is 0 Å². The van der Waals surface area contributed by atoms with Crippen LogP contribution in [0.2, 0.25) is 5.02 Å². The van der Waals surface area contributed by atoms with Crippen LogP contribution in [-0.4, -0.2) is 10.5 Å². The van der Waals surface area contributed by atoms with Crippen LogP contribution in [0.3, 0.4) is 0 Å². The molecule has 2 aromatic rings. The maximum absolute atomic E-state index is 6.23. The maximum Gasteiger partial charge on any atom is 0.0752 e. The molecular weight excluding hydrogens is 232 g/mol. The fourth-order valence-electron chi connectivity index (χ4n) is 2.02. The van der Waals surface area contributed by atoms with Crippen LogP contribution < -0.4 is 5.73 Å². The Balaban J connectivity index is 2.64. The smallest absolute Gasteiger partial charge is 0.0752 e. The normalized spacial score (nSPS) is 12.1. The highest BCUT2D eigenvalue weighted by Crippen LogP contribution is 2.27. The molecule has 17 heavy (non-hydrogen) atoms. The number of rotatable bonds is 2. The second kappa shape index (κ2) is 4.28. The number of nitrogens with two attached hydrogens (primary N) is 1. The Hall–Kier alpha value is -1.12. The molecule has 0 saturated heterocycles. The van der Waals surface area contributed by atoms with E-state index in [4.69, 9.17) is 17.3 Å². The van der Waals surface area contributed by atoms with Crippen LogP contribution in [0.25, 0.3) is 10.9 Å². The van der Waals surface area contributed by atoms with Crippen LogP contribution in [0, 0.1) is 6.92 Å². The molecule has 0 radical (unpaired) electrons. The zero-order valence-corrected chi connectivity index (χ0v) is 11.2. The third kappa shape index (κ3) is 2.76. The summed E-state index contributed by atoms with van der Waals surface area (Å²) in [5.41, 5.74) is 8.89. The molecule has 2 N–H and O–H groups in total. The Labute approximate surface area is 107 Å². The van der Waals surface area contributed by atoms with Crippen molar-refractivity contribution in [3.05, 3.63) is 40.5 Å². The van der Waals surface area contributed by atoms with Crippen molar-refractivity contribution in [1.82, 2.24) is 4.98 Å². The average molecular weight is 249 g/mol. The van der Waals surface area contributed by atoms with E-state index in [9.17, 15) is 0 Å². The number of nitrogens with zero attached hydrogens (tertiary/aromatic N) is 1. The molecule has 2 nitrogen and oxygen atoms in total. The Morgan fingerprint density at radius 3 is 2.71 bits per heavy atom. The van der Waals surface area contributed by atoms with Crippen molar-refractivity contribution in [2.24, 2.45) is 5.73 Å². The first kappa shape index (κ1) is 12.3. The van der Waals surface area contributed by atoms with Gasteiger partial charge in [0.2, 0.25) is 0 Å². The van der Waals surface area contributed by atoms with E-state index in [1.54, 1.807) is 0 Å². The molecule has 90 valence electrons. The predicted octanol–water partition coefficient (Wildman–Crippen LogP) is 3.48. The van der Waals surface area contributed by atoms with Crippen molar-refractivity contribution in [1.29, 1.82) is 0 Å². The summed E-state index contributed by atoms with van der Waals surface area (Å²) in [5.74, 6) is 0. The second-order valence-corrected chi connectivity index (χ2v) is 5.63. The molecule has 0 amide bonds. The van der Waals surface area contributed by atoms with Crippen molar-refractivity contribution in [2.75, 3.05) is 0 Å². The third-order valence-corrected chi connectivity index (χ3v) is 2.96. The molecule has 0 aliphatic carbocycles. The van der Waals surface area contributed by atoms with Crippen molar-refractivity contribution >= 4 is 22.5 Å². The van der Waals surface area contributed by atoms with Crippen LogP contribution in [0.1, 0.15) is 25.1 Å². The molecule has 0 spiro atoms. The first-order chi connectivity index (χ1) is 7.87. The molecule has 0 bridgehead atoms. The highest BCUT2D eigenvalue weighted by Gasteiger charge is 2.15. The lowest BCUT2D eigenvalue weighted by Gasteiger charge is -2.19. The van der Waals surface area contributed by atoms with Gasteiger partial charge in [-0.1, -0.05) is 29.8 Å². The highest BCUT2D eigenvalue weighted by molar-refractivity contribution is 6.35. The van der Waals surface area contributed by atoms with Gasteiger partial charge in [-0.25, -0.2) is 0 Å². The summed E-state index contributed by atoms with van der Waals surface area (Å²) in [6.45, 7) is 5.99. The Morgan fingerprint density at radius 1 is 1.35 bits per heavy atom. The molecule has 0 aliphatic heterocycles. The topological polar surface area (TPSA) is 38.9 Å². The summed E-state index contributed by atoms with van der Waals surface area (Å²) in [7, 11) is 0. The lowest BCUT2D eigenvalue weighted by molar-refractivity contribution is 0.518. The van der Waals surface area contributed by atoms with Gasteiger partial charge in [0, 0.05) is 16.6 Å². The number of benzene rings is 1. The van der Waals surface area contributed by atoms with Crippen molar-refractivity contribution in [2.45, 2.75) is 32.7 Å². The molecule has 0 unspecified atom stereocenters. The fraction of sp³-hybridized carbons (Fsp3) is 0.357. The Morgan fingerprint density at radius 2 is 2.06 bits per heavy atom. The fourth-order valence-corrected chi connectivity index (χ4v) is 2.33. The zero-order valence-electron chi connectivity index (χ0n) is 10.4. The quantitative estimate of drug-likeness (QED) is 0.884. The minimum absolute atomic E-state index is 0.244. The van der Waals surface area contributed by atoms with E-state index in [1.165, 1.54) is 0 Å². The van der Waals surface area contributed by atoms with Gasteiger partial charge in [-0.05, 0) is 38.8 Å². The number of hydrogen-bond donors (Lipinski definition) is 1. The van der Waals surface area contributed by atoms with Crippen LogP contribution in [0.4, 0.5) is 0 Å². The molecule has 1 heterocycles. The average Bonchev–Trinajstić information content (AvgIpc) is 2.17. The van der Waals surface area contributed by atoms with Gasteiger partial charge in [0.1, 0.15) is 0 Å². The number of aryl methyl sites for hydroxylation is 1. The van der Waals surface area contributed by atoms with Gasteiger partial charge in [-0.15, -0.1) is 0 Å². The van der Waals surface area contributed by atoms with Crippen molar-refractivity contribution in [3.8, 4) is 0 Å². The number of aromatic nitrogens is 1. The molecule has 0 fully saturated rings. The van der Waals surface area contributed by atoms with Crippen LogP contribution in [0.5, 0.6) is 0 Å². The van der Waals surface area contributed by atoms with Crippen LogP contribution >= 0.6 is 11.6 Å². The summed E-state index contributed by atoms with van der Waals surface area (Å²) in [5, 5.41) is 1.75. The van der Waals surface area contributed by atoms with E-state index < -0.39 is 0 Å². The lowest BCUT2D eigenvalue weighted by atomic mass is 9.94. The zero-order chi connectivity index (χ0) is 12.6. The van der Waals surface area contributed by atoms with Gasteiger partial charge in [0.15, 0.2) is 0 Å². The minimum Gasteiger partial charge on any atom is -0.325 e. The van der Waals surface area contributed by atoms with Gasteiger partial charge in [-0.3, -0.25) is 4.98 Å². The van der Waals surface area contributed by atoms with E-state index in [1.807, 2.05) is 39.0 Å². The summed E-state index contributed by atoms with van der Waals surface area (Å²) in [4.78, 5) is 4.58. The summed E-state index contributed by atoms with van der Waals surface area (Å²) in [6, 6.07) is 7.96. The number of hydrogen-bond acceptors (Lipinski definition) is 2. The monoisotopic (exact) mass is 248 g/mol. The second-order valence-electron chi connectivity index (χ2n) is 5.22. The Kier molecular flexibility index (Phi) is 3.11. The van der Waals surface area contributed by atoms with Gasteiger partial charge in [0.05, 0.1) is 10.5 Å². The van der Waals surface area contributed by atoms with Gasteiger partial charge >= 0.3 is 0 Å². The summed E-state index contributed by atoms with van der Waals surface area (Å²) in [6.07, 6.45) is 0.789. The standard InChI is InChI=1S/C14H17ClN2/c1-9-7-12(15)11-6-4-5-10(13(11)17-9)8-14(2,3)16/h4-7H,8,16H2,1-3H3. The minimum atomic E-state index is -0.244. The van der Waals surface area contributed by atoms with Gasteiger partial charge in [-0.2, -0.15) is 0 Å².